The summed E-state index contributed by atoms with van der Waals surface area (Å²) in [5.41, 5.74) is -2.96. The van der Waals surface area contributed by atoms with Crippen molar-refractivity contribution in [2.75, 3.05) is 17.7 Å². The van der Waals surface area contributed by atoms with Crippen molar-refractivity contribution in [3.05, 3.63) is 134 Å². The van der Waals surface area contributed by atoms with Gasteiger partial charge in [-0.1, -0.05) is 41.9 Å². The number of methoxy groups -OCH3 is 1. The molecule has 6 N–H and O–H groups in total. The Morgan fingerprint density at radius 2 is 1.22 bits per heavy atom. The molecule has 2 aromatic heterocycles. The third kappa shape index (κ3) is 20.0. The van der Waals surface area contributed by atoms with Gasteiger partial charge in [0.1, 0.15) is 27.8 Å². The number of carboxylic acid groups (broad SMARTS) is 2. The molecule has 4 aromatic carbocycles. The highest BCUT2D eigenvalue weighted by molar-refractivity contribution is 7.90. The van der Waals surface area contributed by atoms with Gasteiger partial charge < -0.3 is 29.2 Å². The summed E-state index contributed by atoms with van der Waals surface area (Å²) in [7, 11) is -7.86. The SMILES string of the molecule is COc1nc(C)nc(NC(=O)NS(=O)(=O)c2ccccc2CCC(F)(F)F)n1.O=C(Nc1nc(OC(F)F)cc(OC(F)F)n1)NS(=O)(=O)c1ccccc1C(=O)O.O=C(O)c1cc(Oc2ccc(C(F)(F)F)cc2Cl)ccc1[N+](=O)[O-]. The van der Waals surface area contributed by atoms with E-state index in [1.54, 1.807) is 10.0 Å². The second kappa shape index (κ2) is 27.6. The number of amides is 4. The first kappa shape index (κ1) is 65.1. The first-order valence-corrected chi connectivity index (χ1v) is 24.7. The smallest absolute Gasteiger partial charge is 0.416 e. The van der Waals surface area contributed by atoms with Gasteiger partial charge >= 0.3 is 55.6 Å². The number of carbonyl (C=O) groups excluding carboxylic acids is 2. The highest BCUT2D eigenvalue weighted by atomic mass is 35.5. The Labute approximate surface area is 456 Å². The lowest BCUT2D eigenvalue weighted by molar-refractivity contribution is -0.385. The zero-order valence-corrected chi connectivity index (χ0v) is 42.9. The average molecular weight is 1240 g/mol. The minimum atomic E-state index is -4.71. The Morgan fingerprint density at radius 3 is 1.72 bits per heavy atom. The quantitative estimate of drug-likeness (QED) is 0.0266. The van der Waals surface area contributed by atoms with Crippen LogP contribution in [0.25, 0.3) is 0 Å². The summed E-state index contributed by atoms with van der Waals surface area (Å²) in [5, 5.41) is 32.2. The van der Waals surface area contributed by atoms with Crippen LogP contribution < -0.4 is 39.0 Å². The monoisotopic (exact) mass is 1230 g/mol. The lowest BCUT2D eigenvalue weighted by Crippen LogP contribution is -2.35. The average Bonchev–Trinajstić information content (AvgIpc) is 3.53. The number of aromatic carboxylic acids is 2. The van der Waals surface area contributed by atoms with Crippen LogP contribution in [0.5, 0.6) is 29.3 Å². The number of benzene rings is 4. The molecule has 0 saturated heterocycles. The van der Waals surface area contributed by atoms with Crippen LogP contribution in [0.2, 0.25) is 5.02 Å². The van der Waals surface area contributed by atoms with Crippen LogP contribution in [0.3, 0.4) is 0 Å². The molecule has 6 aromatic rings. The van der Waals surface area contributed by atoms with Gasteiger partial charge in [0.2, 0.25) is 23.7 Å². The Kier molecular flexibility index (Phi) is 21.9. The number of ether oxygens (including phenoxy) is 4. The molecule has 0 radical (unpaired) electrons. The molecule has 39 heteroatoms. The number of hydrogen-bond acceptors (Lipinski definition) is 19. The van der Waals surface area contributed by atoms with E-state index in [-0.39, 0.29) is 39.9 Å². The maximum Gasteiger partial charge on any atom is 0.416 e. The number of nitrogens with zero attached hydrogens (tertiary/aromatic N) is 6. The molecule has 440 valence electrons. The topological polar surface area (TPSA) is 370 Å². The van der Waals surface area contributed by atoms with E-state index in [4.69, 9.17) is 31.3 Å². The molecule has 0 aliphatic rings. The van der Waals surface area contributed by atoms with Crippen LogP contribution in [0, 0.1) is 17.0 Å². The molecule has 0 bridgehead atoms. The van der Waals surface area contributed by atoms with Gasteiger partial charge in [-0.2, -0.15) is 68.8 Å². The number of nitro benzene ring substituents is 1. The van der Waals surface area contributed by atoms with Crippen molar-refractivity contribution >= 4 is 73.2 Å². The molecule has 0 atom stereocenters. The normalized spacial score (nSPS) is 11.4. The summed E-state index contributed by atoms with van der Waals surface area (Å²) in [6.45, 7) is -5.32. The molecule has 0 unspecified atom stereocenters. The van der Waals surface area contributed by atoms with Crippen molar-refractivity contribution in [1.29, 1.82) is 0 Å². The largest absolute Gasteiger partial charge is 0.478 e. The zero-order chi connectivity index (χ0) is 61.5. The van der Waals surface area contributed by atoms with E-state index in [1.165, 1.54) is 49.1 Å². The molecule has 0 aliphatic heterocycles. The number of hydrogen-bond donors (Lipinski definition) is 6. The number of sulfonamides is 2. The van der Waals surface area contributed by atoms with E-state index in [0.717, 1.165) is 48.5 Å². The van der Waals surface area contributed by atoms with Crippen LogP contribution in [0.15, 0.2) is 101 Å². The van der Waals surface area contributed by atoms with Gasteiger partial charge in [-0.25, -0.2) is 45.5 Å². The number of rotatable bonds is 18. The Bertz CT molecular complexity index is 3550. The third-order valence-electron chi connectivity index (χ3n) is 9.14. The molecule has 4 amide bonds. The van der Waals surface area contributed by atoms with E-state index in [9.17, 15) is 90.0 Å². The maximum absolute atomic E-state index is 12.6. The van der Waals surface area contributed by atoms with Crippen LogP contribution >= 0.6 is 11.6 Å². The van der Waals surface area contributed by atoms with Gasteiger partial charge in [0.15, 0.2) is 0 Å². The van der Waals surface area contributed by atoms with Crippen molar-refractivity contribution < 1.29 is 114 Å². The van der Waals surface area contributed by atoms with Crippen molar-refractivity contribution in [1.82, 2.24) is 34.4 Å². The standard InChI is InChI=1S/C15H16F3N5O4S.C14H7ClF3NO5.C14H10F4N4O7S/c1-9-19-12(22-14(20-9)27-2)21-13(24)23-28(25,26)11-6-4-3-5-10(11)7-8-15(16,17)18;15-10-5-7(14(16,17)18)1-4-12(10)24-8-2-3-11(19(22)23)9(6-8)13(20)21;15-11(16)28-8-5-9(29-12(17)18)20-13(19-8)21-14(25)22-30(26,27)7-4-2-1-3-6(7)10(23)24/h3-6H,7-8H2,1-2H3,(H2,19,20,21,22,23,24);1-6H,(H,20,21);1-5,11-12H,(H,23,24)(H2,19,20,21,22,25). The summed E-state index contributed by atoms with van der Waals surface area (Å²) in [6.07, 6.45) is -10.8. The molecule has 82 heavy (non-hydrogen) atoms. The zero-order valence-electron chi connectivity index (χ0n) is 40.5. The van der Waals surface area contributed by atoms with Gasteiger partial charge in [-0.3, -0.25) is 20.7 Å². The van der Waals surface area contributed by atoms with E-state index in [1.807, 2.05) is 0 Å². The minimum absolute atomic E-state index is 0.0715. The highest BCUT2D eigenvalue weighted by Crippen LogP contribution is 2.37. The van der Waals surface area contributed by atoms with E-state index in [0.29, 0.717) is 12.1 Å². The molecule has 0 saturated carbocycles. The summed E-state index contributed by atoms with van der Waals surface area (Å²) >= 11 is 5.72. The molecule has 6 rings (SSSR count). The summed E-state index contributed by atoms with van der Waals surface area (Å²) in [5.74, 6) is -6.34. The molecule has 2 heterocycles. The molecule has 0 spiro atoms. The molecule has 0 fully saturated rings. The van der Waals surface area contributed by atoms with Crippen LogP contribution in [0.4, 0.5) is 71.1 Å². The first-order chi connectivity index (χ1) is 38.1. The molecule has 0 aliphatic carbocycles. The number of aryl methyl sites for hydroxylation is 2. The van der Waals surface area contributed by atoms with Crippen molar-refractivity contribution in [3.8, 4) is 29.3 Å². The van der Waals surface area contributed by atoms with E-state index in [2.05, 4.69) is 39.7 Å². The van der Waals surface area contributed by atoms with E-state index >= 15 is 0 Å². The fourth-order valence-electron chi connectivity index (χ4n) is 5.90. The van der Waals surface area contributed by atoms with Crippen molar-refractivity contribution in [2.45, 2.75) is 55.1 Å². The third-order valence-corrected chi connectivity index (χ3v) is 12.3. The highest BCUT2D eigenvalue weighted by Gasteiger charge is 2.32. The Hall–Kier alpha value is -9.46. The number of urea groups is 2. The lowest BCUT2D eigenvalue weighted by atomic mass is 10.1. The van der Waals surface area contributed by atoms with Crippen molar-refractivity contribution in [2.24, 2.45) is 0 Å². The van der Waals surface area contributed by atoms with Gasteiger partial charge in [0, 0.05) is 18.6 Å². The number of carbonyl (C=O) groups is 4. The molecule has 26 nitrogen and oxygen atoms in total. The van der Waals surface area contributed by atoms with Crippen molar-refractivity contribution in [3.63, 3.8) is 0 Å². The second-order valence-electron chi connectivity index (χ2n) is 14.9. The first-order valence-electron chi connectivity index (χ1n) is 21.3. The fraction of sp³-hybridized carbons (Fsp3) is 0.186. The number of aromatic nitrogens is 5. The van der Waals surface area contributed by atoms with E-state index < -0.39 is 137 Å². The maximum atomic E-state index is 12.6. The molecular weight excluding hydrogens is 1200 g/mol. The van der Waals surface area contributed by atoms with Gasteiger partial charge in [0.25, 0.3) is 25.7 Å². The summed E-state index contributed by atoms with van der Waals surface area (Å²) in [6, 6.07) is 12.3. The van der Waals surface area contributed by atoms with Crippen LogP contribution in [-0.2, 0) is 32.6 Å². The number of nitrogens with one attached hydrogen (secondary N) is 4. The fourth-order valence-corrected chi connectivity index (χ4v) is 8.40. The van der Waals surface area contributed by atoms with Gasteiger partial charge in [-0.05, 0) is 61.4 Å². The minimum Gasteiger partial charge on any atom is -0.478 e. The number of carboxylic acids is 2. The van der Waals surface area contributed by atoms with Crippen LogP contribution in [-0.4, -0.2) is 107 Å². The number of nitro groups is 1. The number of halogens is 11. The van der Waals surface area contributed by atoms with Gasteiger partial charge in [0.05, 0.1) is 39.1 Å². The summed E-state index contributed by atoms with van der Waals surface area (Å²) < 4.78 is 195. The van der Waals surface area contributed by atoms with Crippen LogP contribution in [0.1, 0.15) is 44.1 Å². The Morgan fingerprint density at radius 1 is 0.695 bits per heavy atom. The molecular formula is C43H33ClF10N10O16S2. The van der Waals surface area contributed by atoms with Gasteiger partial charge in [-0.15, -0.1) is 0 Å². The predicted octanol–water partition coefficient (Wildman–Crippen LogP) is 8.84. The number of alkyl halides is 10. The second-order valence-corrected chi connectivity index (χ2v) is 18.7. The lowest BCUT2D eigenvalue weighted by Gasteiger charge is -2.13. The Balaban J connectivity index is 0.000000266. The summed E-state index contributed by atoms with van der Waals surface area (Å²) in [4.78, 5) is 72.7. The number of anilines is 2. The predicted molar refractivity (Wildman–Crippen MR) is 256 cm³/mol.